The fraction of sp³-hybridized carbons (Fsp3) is 0.353. The van der Waals surface area contributed by atoms with E-state index in [9.17, 15) is 4.79 Å². The molecule has 0 saturated heterocycles. The molecule has 1 aliphatic carbocycles. The van der Waals surface area contributed by atoms with Gasteiger partial charge in [0, 0.05) is 17.2 Å². The van der Waals surface area contributed by atoms with Gasteiger partial charge in [-0.2, -0.15) is 0 Å². The summed E-state index contributed by atoms with van der Waals surface area (Å²) in [5, 5.41) is 3.07. The zero-order valence-electron chi connectivity index (χ0n) is 11.7. The van der Waals surface area contributed by atoms with Crippen molar-refractivity contribution in [1.82, 2.24) is 0 Å². The topological polar surface area (TPSA) is 42.2 Å². The first-order valence-electron chi connectivity index (χ1n) is 7.20. The third-order valence-electron chi connectivity index (χ3n) is 4.10. The van der Waals surface area contributed by atoms with Crippen LogP contribution in [0.2, 0.25) is 0 Å². The molecule has 0 bridgehead atoms. The highest BCUT2D eigenvalue weighted by Gasteiger charge is 2.23. The van der Waals surface area contributed by atoms with Crippen LogP contribution in [0.4, 0.5) is 5.69 Å². The quantitative estimate of drug-likeness (QED) is 0.898. The van der Waals surface area contributed by atoms with Crippen LogP contribution in [0, 0.1) is 12.8 Å². The minimum Gasteiger partial charge on any atom is -0.464 e. The van der Waals surface area contributed by atoms with E-state index in [1.807, 2.05) is 37.3 Å². The van der Waals surface area contributed by atoms with Gasteiger partial charge in [-0.25, -0.2) is 0 Å². The summed E-state index contributed by atoms with van der Waals surface area (Å²) < 4.78 is 5.45. The van der Waals surface area contributed by atoms with E-state index in [2.05, 4.69) is 5.32 Å². The molecule has 104 valence electrons. The Labute approximate surface area is 119 Å². The lowest BCUT2D eigenvalue weighted by molar-refractivity contribution is -0.119. The van der Waals surface area contributed by atoms with Gasteiger partial charge < -0.3 is 9.73 Å². The third-order valence-corrected chi connectivity index (χ3v) is 4.10. The molecule has 1 heterocycles. The highest BCUT2D eigenvalue weighted by molar-refractivity contribution is 5.94. The van der Waals surface area contributed by atoms with Crippen LogP contribution in [-0.2, 0) is 4.79 Å². The molecular formula is C17H19NO2. The van der Waals surface area contributed by atoms with Gasteiger partial charge in [-0.3, -0.25) is 4.79 Å². The lowest BCUT2D eigenvalue weighted by atomic mass is 10.0. The van der Waals surface area contributed by atoms with Crippen molar-refractivity contribution in [3.63, 3.8) is 0 Å². The van der Waals surface area contributed by atoms with Crippen molar-refractivity contribution >= 4 is 11.6 Å². The summed E-state index contributed by atoms with van der Waals surface area (Å²) in [5.74, 6) is 1.17. The monoisotopic (exact) mass is 269 g/mol. The molecule has 1 N–H and O–H groups in total. The van der Waals surface area contributed by atoms with Gasteiger partial charge in [0.2, 0.25) is 5.91 Å². The van der Waals surface area contributed by atoms with Gasteiger partial charge >= 0.3 is 0 Å². The Bertz CT molecular complexity index is 595. The van der Waals surface area contributed by atoms with Crippen molar-refractivity contribution in [1.29, 1.82) is 0 Å². The number of carbonyl (C=O) groups is 1. The second-order valence-corrected chi connectivity index (χ2v) is 5.43. The van der Waals surface area contributed by atoms with Gasteiger partial charge in [0.05, 0.1) is 6.26 Å². The number of anilines is 1. The smallest absolute Gasteiger partial charge is 0.227 e. The summed E-state index contributed by atoms with van der Waals surface area (Å²) in [5.41, 5.74) is 2.96. The van der Waals surface area contributed by atoms with Gasteiger partial charge in [-0.15, -0.1) is 0 Å². The van der Waals surface area contributed by atoms with Crippen LogP contribution in [0.15, 0.2) is 41.0 Å². The molecule has 1 amide bonds. The van der Waals surface area contributed by atoms with E-state index in [0.29, 0.717) is 0 Å². The van der Waals surface area contributed by atoms with Gasteiger partial charge in [0.1, 0.15) is 5.76 Å². The van der Waals surface area contributed by atoms with E-state index in [1.54, 1.807) is 6.26 Å². The molecule has 0 radical (unpaired) electrons. The van der Waals surface area contributed by atoms with E-state index in [4.69, 9.17) is 4.42 Å². The summed E-state index contributed by atoms with van der Waals surface area (Å²) >= 11 is 0. The lowest BCUT2D eigenvalue weighted by Crippen LogP contribution is -2.20. The normalized spacial score (nSPS) is 15.4. The summed E-state index contributed by atoms with van der Waals surface area (Å²) in [4.78, 5) is 12.2. The van der Waals surface area contributed by atoms with Crippen LogP contribution in [0.5, 0.6) is 0 Å². The molecule has 3 heteroatoms. The molecule has 0 aliphatic heterocycles. The number of hydrogen-bond donors (Lipinski definition) is 1. The summed E-state index contributed by atoms with van der Waals surface area (Å²) in [6.45, 7) is 2.02. The Balaban J connectivity index is 1.83. The van der Waals surface area contributed by atoms with Gasteiger partial charge in [-0.1, -0.05) is 25.0 Å². The lowest BCUT2D eigenvalue weighted by Gasteiger charge is -2.14. The SMILES string of the molecule is Cc1c(NC(=O)C2CCCC2)cccc1-c1ccco1. The second kappa shape index (κ2) is 5.53. The van der Waals surface area contributed by atoms with Crippen LogP contribution in [0.25, 0.3) is 11.3 Å². The number of amides is 1. The van der Waals surface area contributed by atoms with E-state index in [0.717, 1.165) is 35.4 Å². The molecule has 1 fully saturated rings. The van der Waals surface area contributed by atoms with Crippen LogP contribution in [-0.4, -0.2) is 5.91 Å². The van der Waals surface area contributed by atoms with Crippen molar-refractivity contribution in [2.75, 3.05) is 5.32 Å². The first-order valence-corrected chi connectivity index (χ1v) is 7.20. The molecule has 1 saturated carbocycles. The maximum absolute atomic E-state index is 12.2. The van der Waals surface area contributed by atoms with Crippen molar-refractivity contribution in [3.05, 3.63) is 42.2 Å². The maximum atomic E-state index is 12.2. The molecule has 0 atom stereocenters. The number of carbonyl (C=O) groups excluding carboxylic acids is 1. The highest BCUT2D eigenvalue weighted by Crippen LogP contribution is 2.30. The van der Waals surface area contributed by atoms with E-state index >= 15 is 0 Å². The third kappa shape index (κ3) is 2.48. The fourth-order valence-corrected chi connectivity index (χ4v) is 2.89. The molecule has 3 nitrogen and oxygen atoms in total. The molecule has 1 aromatic carbocycles. The Morgan fingerprint density at radius 1 is 1.20 bits per heavy atom. The minimum absolute atomic E-state index is 0.155. The molecule has 20 heavy (non-hydrogen) atoms. The summed E-state index contributed by atoms with van der Waals surface area (Å²) in [7, 11) is 0. The summed E-state index contributed by atoms with van der Waals surface area (Å²) in [6.07, 6.45) is 6.04. The van der Waals surface area contributed by atoms with Gasteiger partial charge in [-0.05, 0) is 43.5 Å². The van der Waals surface area contributed by atoms with Crippen molar-refractivity contribution in [2.45, 2.75) is 32.6 Å². The second-order valence-electron chi connectivity index (χ2n) is 5.43. The van der Waals surface area contributed by atoms with Crippen molar-refractivity contribution < 1.29 is 9.21 Å². The van der Waals surface area contributed by atoms with Crippen LogP contribution < -0.4 is 5.32 Å². The number of benzene rings is 1. The van der Waals surface area contributed by atoms with Gasteiger partial charge in [0.25, 0.3) is 0 Å². The predicted molar refractivity (Wildman–Crippen MR) is 79.5 cm³/mol. The number of rotatable bonds is 3. The highest BCUT2D eigenvalue weighted by atomic mass is 16.3. The molecular weight excluding hydrogens is 250 g/mol. The average Bonchev–Trinajstić information content (AvgIpc) is 3.14. The minimum atomic E-state index is 0.155. The van der Waals surface area contributed by atoms with Crippen LogP contribution >= 0.6 is 0 Å². The zero-order chi connectivity index (χ0) is 13.9. The molecule has 2 aromatic rings. The Hall–Kier alpha value is -2.03. The van der Waals surface area contributed by atoms with Crippen LogP contribution in [0.1, 0.15) is 31.2 Å². The molecule has 3 rings (SSSR count). The largest absolute Gasteiger partial charge is 0.464 e. The number of furan rings is 1. The van der Waals surface area contributed by atoms with Crippen LogP contribution in [0.3, 0.4) is 0 Å². The predicted octanol–water partition coefficient (Wildman–Crippen LogP) is 4.38. The summed E-state index contributed by atoms with van der Waals surface area (Å²) in [6, 6.07) is 9.73. The van der Waals surface area contributed by atoms with Crippen molar-refractivity contribution in [2.24, 2.45) is 5.92 Å². The Morgan fingerprint density at radius 3 is 2.70 bits per heavy atom. The zero-order valence-corrected chi connectivity index (χ0v) is 11.7. The molecule has 0 spiro atoms. The Kier molecular flexibility index (Phi) is 3.59. The first kappa shape index (κ1) is 13.0. The molecule has 0 unspecified atom stereocenters. The standard InChI is InChI=1S/C17H19NO2/c1-12-14(16-10-5-11-20-16)8-4-9-15(12)18-17(19)13-6-2-3-7-13/h4-5,8-11,13H,2-3,6-7H2,1H3,(H,18,19). The molecule has 1 aliphatic rings. The van der Waals surface area contributed by atoms with Crippen molar-refractivity contribution in [3.8, 4) is 11.3 Å². The maximum Gasteiger partial charge on any atom is 0.227 e. The number of nitrogens with one attached hydrogen (secondary N) is 1. The Morgan fingerprint density at radius 2 is 2.00 bits per heavy atom. The fourth-order valence-electron chi connectivity index (χ4n) is 2.89. The average molecular weight is 269 g/mol. The molecule has 1 aromatic heterocycles. The van der Waals surface area contributed by atoms with E-state index in [1.165, 1.54) is 12.8 Å². The number of hydrogen-bond acceptors (Lipinski definition) is 2. The van der Waals surface area contributed by atoms with E-state index in [-0.39, 0.29) is 11.8 Å². The van der Waals surface area contributed by atoms with Gasteiger partial charge in [0.15, 0.2) is 0 Å². The van der Waals surface area contributed by atoms with E-state index < -0.39 is 0 Å². The first-order chi connectivity index (χ1) is 9.75.